The highest BCUT2D eigenvalue weighted by Crippen LogP contribution is 2.66. The van der Waals surface area contributed by atoms with Crippen molar-refractivity contribution < 1.29 is 91.7 Å². The van der Waals surface area contributed by atoms with Gasteiger partial charge in [0, 0.05) is 61.2 Å². The number of carboxylic acids is 1. The van der Waals surface area contributed by atoms with Crippen molar-refractivity contribution in [3.05, 3.63) is 129 Å². The van der Waals surface area contributed by atoms with Crippen LogP contribution in [0.15, 0.2) is 101 Å². The van der Waals surface area contributed by atoms with E-state index in [9.17, 15) is 58.7 Å². The van der Waals surface area contributed by atoms with Crippen molar-refractivity contribution in [1.29, 1.82) is 0 Å². The number of hydrogen-bond acceptors (Lipinski definition) is 18. The maximum Gasteiger partial charge on any atom is 0.410 e. The van der Waals surface area contributed by atoms with E-state index in [4.69, 9.17) is 29.0 Å². The summed E-state index contributed by atoms with van der Waals surface area (Å²) >= 11 is 0. The van der Waals surface area contributed by atoms with Gasteiger partial charge < -0.3 is 59.8 Å². The van der Waals surface area contributed by atoms with E-state index in [1.54, 1.807) is 90.1 Å². The molecule has 3 amide bonds. The minimum absolute atomic E-state index is 0.0282. The number of aliphatic carboxylic acids is 1. The smallest absolute Gasteiger partial charge is 0.410 e. The molecule has 3 aromatic rings. The van der Waals surface area contributed by atoms with E-state index in [-0.39, 0.29) is 60.5 Å². The van der Waals surface area contributed by atoms with E-state index in [2.05, 4.69) is 20.7 Å². The predicted molar refractivity (Wildman–Crippen MR) is 314 cm³/mol. The van der Waals surface area contributed by atoms with Gasteiger partial charge in [0.2, 0.25) is 0 Å². The fraction of sp³-hybridized carbons (Fsp3) is 0.541. The van der Waals surface area contributed by atoms with Crippen LogP contribution < -0.4 is 10.6 Å². The third-order valence-corrected chi connectivity index (χ3v) is 19.5. The van der Waals surface area contributed by atoms with Crippen LogP contribution in [-0.2, 0) is 53.8 Å². The van der Waals surface area contributed by atoms with Gasteiger partial charge in [-0.3, -0.25) is 23.7 Å². The van der Waals surface area contributed by atoms with Crippen molar-refractivity contribution in [3.63, 3.8) is 0 Å². The molecule has 1 heterocycles. The molecule has 4 aliphatic rings. The minimum atomic E-state index is -4.74. The summed E-state index contributed by atoms with van der Waals surface area (Å²) in [5, 5.41) is 56.9. The fourth-order valence-corrected chi connectivity index (χ4v) is 13.7. The number of esters is 1. The van der Waals surface area contributed by atoms with E-state index in [0.717, 1.165) is 9.57 Å². The Balaban J connectivity index is 1.18. The summed E-state index contributed by atoms with van der Waals surface area (Å²) in [4.78, 5) is 128. The molecular weight excluding hydrogens is 1170 g/mol. The number of likely N-dealkylation sites (N-methyl/N-ethyl adjacent to an activating group) is 2. The van der Waals surface area contributed by atoms with Gasteiger partial charge in [-0.05, 0) is 107 Å². The SMILES string of the molecule is CC(=O)[C@@]12CO[C@@H]1C[C@H](O)[C@@]1(C)C(=O)[C@H](O)C3=C(C)C(CC(=O)C(OC(=O)N(C)CCN(C)P(=O)(O)OCC[C@H](NC(=O)c4ccc(CN=[N+]=[N-])cc4)C(=O)O)[C@@H](NC(=O)OC(C)(C)C)c4ccccc4)C[C@@](O)([C@@H](OC(=O)c4ccccc4)[C@@H]12)C3(C)C. The highest BCUT2D eigenvalue weighted by molar-refractivity contribution is 7.50. The van der Waals surface area contributed by atoms with E-state index < -0.39 is 163 Å². The number of hydrogen-bond donors (Lipinski definition) is 7. The van der Waals surface area contributed by atoms with Crippen LogP contribution in [0.1, 0.15) is 119 Å². The maximum atomic E-state index is 15.6. The van der Waals surface area contributed by atoms with E-state index in [1.807, 2.05) is 0 Å². The summed E-state index contributed by atoms with van der Waals surface area (Å²) in [6.07, 6.45) is -12.4. The van der Waals surface area contributed by atoms with Crippen LogP contribution in [0.25, 0.3) is 10.4 Å². The Bertz CT molecular complexity index is 3280. The van der Waals surface area contributed by atoms with Crippen molar-refractivity contribution in [2.24, 2.45) is 33.2 Å². The molecule has 27 heteroatoms. The second-order valence-corrected chi connectivity index (χ2v) is 26.7. The topological polar surface area (TPSA) is 380 Å². The number of nitrogens with one attached hydrogen (secondary N) is 2. The van der Waals surface area contributed by atoms with Gasteiger partial charge in [-0.1, -0.05) is 85.2 Å². The van der Waals surface area contributed by atoms with Crippen LogP contribution >= 0.6 is 7.75 Å². The summed E-state index contributed by atoms with van der Waals surface area (Å²) in [6.45, 7) is 10.5. The molecule has 2 bridgehead atoms. The first kappa shape index (κ1) is 68.1. The first-order valence-corrected chi connectivity index (χ1v) is 30.2. The molecule has 3 unspecified atom stereocenters. The van der Waals surface area contributed by atoms with Crippen molar-refractivity contribution in [2.75, 3.05) is 40.4 Å². The molecule has 1 aliphatic heterocycles. The van der Waals surface area contributed by atoms with Gasteiger partial charge in [0.05, 0.1) is 48.4 Å². The lowest BCUT2D eigenvalue weighted by molar-refractivity contribution is -0.306. The lowest BCUT2D eigenvalue weighted by Gasteiger charge is -2.68. The third-order valence-electron chi connectivity index (χ3n) is 17.9. The lowest BCUT2D eigenvalue weighted by atomic mass is 9.41. The lowest BCUT2D eigenvalue weighted by Crippen LogP contribution is -2.79. The van der Waals surface area contributed by atoms with Gasteiger partial charge >= 0.3 is 31.9 Å². The number of amides is 3. The molecule has 1 saturated heterocycles. The molecular formula is C61H78N7O19P. The summed E-state index contributed by atoms with van der Waals surface area (Å²) in [6, 6.07) is 18.5. The Labute approximate surface area is 509 Å². The number of benzene rings is 3. The number of alkyl carbamates (subject to hydrolysis) is 1. The molecule has 7 rings (SSSR count). The Morgan fingerprint density at radius 1 is 0.920 bits per heavy atom. The van der Waals surface area contributed by atoms with Crippen LogP contribution in [0.4, 0.5) is 9.59 Å². The van der Waals surface area contributed by atoms with Gasteiger partial charge in [0.1, 0.15) is 41.3 Å². The Kier molecular flexibility index (Phi) is 20.7. The van der Waals surface area contributed by atoms with Crippen LogP contribution in [0.3, 0.4) is 0 Å². The van der Waals surface area contributed by atoms with Gasteiger partial charge in [-0.2, -0.15) is 0 Å². The third kappa shape index (κ3) is 13.7. The molecule has 3 aromatic carbocycles. The number of Topliss-reactive ketones (excluding diaryl/α,β-unsaturated/α-hetero) is 3. The van der Waals surface area contributed by atoms with Crippen molar-refractivity contribution in [2.45, 2.75) is 141 Å². The number of ether oxygens (including phenoxy) is 4. The molecule has 3 fully saturated rings. The largest absolute Gasteiger partial charge is 0.480 e. The molecule has 7 N–H and O–H groups in total. The standard InChI is InChI=1S/C61H78N7O19P/c1-34-40(31-61(80)51(86-54(77)39-19-15-12-16-20-39)49-59(8,50(73)47(72)45(34)58(61,6)7)43(71)30-44-60(49,33-83-44)35(2)69)29-42(70)48(46(37-17-13-11-14-18-37)65-55(78)87-57(3,4)5)85-56(79)67(9)26-27-68(10)88(81,82)84-28-25-41(53(75)76)64-52(74)38-23-21-36(22-24-38)32-63-66-62/h11-24,40-41,43-44,46-49,51,71-72,80H,25-33H2,1-10H3,(H,64,74)(H,65,78)(H,75,76)(H,81,82)/t40?,41-,43-,44+,46-,47+,48?,49-,51-,59+,60-,61+/m0/s1. The second-order valence-electron chi connectivity index (χ2n) is 24.8. The Morgan fingerprint density at radius 2 is 1.55 bits per heavy atom. The van der Waals surface area contributed by atoms with Gasteiger partial charge in [0.15, 0.2) is 17.7 Å². The zero-order valence-electron chi connectivity index (χ0n) is 50.8. The van der Waals surface area contributed by atoms with Gasteiger partial charge in [0.25, 0.3) is 5.91 Å². The van der Waals surface area contributed by atoms with Crippen molar-refractivity contribution in [3.8, 4) is 0 Å². The Hall–Kier alpha value is -7.38. The fourth-order valence-electron chi connectivity index (χ4n) is 12.8. The quantitative estimate of drug-likeness (QED) is 0.0103. The first-order chi connectivity index (χ1) is 41.2. The number of carbonyl (C=O) groups is 8. The van der Waals surface area contributed by atoms with Crippen LogP contribution in [0.2, 0.25) is 0 Å². The molecule has 2 saturated carbocycles. The molecule has 26 nitrogen and oxygen atoms in total. The summed E-state index contributed by atoms with van der Waals surface area (Å²) in [7, 11) is -2.30. The Morgan fingerprint density at radius 3 is 2.11 bits per heavy atom. The number of ketones is 3. The van der Waals surface area contributed by atoms with Crippen molar-refractivity contribution >= 4 is 55.1 Å². The monoisotopic (exact) mass is 1240 g/mol. The second kappa shape index (κ2) is 26.8. The van der Waals surface area contributed by atoms with Gasteiger partial charge in [-0.15, -0.1) is 0 Å². The number of azide groups is 1. The summed E-state index contributed by atoms with van der Waals surface area (Å²) in [5.41, 5.74) is 0.922. The molecule has 13 atom stereocenters. The number of nitrogens with zero attached hydrogens (tertiary/aromatic N) is 5. The van der Waals surface area contributed by atoms with Gasteiger partial charge in [-0.25, -0.2) is 28.4 Å². The number of allylic oxidation sites excluding steroid dienone is 1. The molecule has 0 radical (unpaired) electrons. The van der Waals surface area contributed by atoms with E-state index >= 15 is 9.59 Å². The van der Waals surface area contributed by atoms with E-state index in [1.165, 1.54) is 64.3 Å². The van der Waals surface area contributed by atoms with E-state index in [0.29, 0.717) is 5.56 Å². The normalized spacial score (nSPS) is 27.1. The van der Waals surface area contributed by atoms with Crippen LogP contribution in [0, 0.1) is 28.1 Å². The summed E-state index contributed by atoms with van der Waals surface area (Å²) < 4.78 is 43.7. The molecule has 3 aliphatic carbocycles. The number of rotatable bonds is 23. The number of aliphatic hydroxyl groups is 3. The molecule has 476 valence electrons. The average molecular weight is 1240 g/mol. The first-order valence-electron chi connectivity index (χ1n) is 28.7. The minimum Gasteiger partial charge on any atom is -0.480 e. The number of carboxylic acid groups (broad SMARTS) is 1. The highest BCUT2D eigenvalue weighted by Gasteiger charge is 2.77. The molecule has 0 aromatic heterocycles. The van der Waals surface area contributed by atoms with Crippen LogP contribution in [0.5, 0.6) is 0 Å². The maximum absolute atomic E-state index is 15.6. The molecule has 0 spiro atoms. The molecule has 88 heavy (non-hydrogen) atoms. The number of fused-ring (bicyclic) bond motifs is 5. The summed E-state index contributed by atoms with van der Waals surface area (Å²) in [5.74, 6) is -8.17. The predicted octanol–water partition coefficient (Wildman–Crippen LogP) is 6.41. The average Bonchev–Trinajstić information content (AvgIpc) is 0.675. The van der Waals surface area contributed by atoms with Crippen LogP contribution in [-0.4, -0.2) is 170 Å². The number of aliphatic hydroxyl groups excluding tert-OH is 2. The van der Waals surface area contributed by atoms with Crippen molar-refractivity contribution in [1.82, 2.24) is 20.2 Å². The number of carbonyl (C=O) groups excluding carboxylic acids is 7. The zero-order chi connectivity index (χ0) is 65.1. The zero-order valence-corrected chi connectivity index (χ0v) is 51.7. The highest BCUT2D eigenvalue weighted by atomic mass is 31.2.